The van der Waals surface area contributed by atoms with Crippen molar-refractivity contribution in [3.8, 4) is 5.69 Å². The SMILES string of the molecule is Cc1cc2c(C)nn(-c3ccccc3)c2nc1C(=O)O. The molecule has 0 unspecified atom stereocenters. The van der Waals surface area contributed by atoms with Gasteiger partial charge in [0.2, 0.25) is 0 Å². The van der Waals surface area contributed by atoms with Gasteiger partial charge >= 0.3 is 5.97 Å². The number of fused-ring (bicyclic) bond motifs is 1. The Morgan fingerprint density at radius 1 is 1.20 bits per heavy atom. The fourth-order valence-corrected chi connectivity index (χ4v) is 2.25. The molecule has 20 heavy (non-hydrogen) atoms. The highest BCUT2D eigenvalue weighted by Crippen LogP contribution is 2.22. The number of aryl methyl sites for hydroxylation is 2. The molecule has 0 aliphatic rings. The molecule has 0 radical (unpaired) electrons. The first-order valence-corrected chi connectivity index (χ1v) is 6.23. The third-order valence-corrected chi connectivity index (χ3v) is 3.24. The van der Waals surface area contributed by atoms with Gasteiger partial charge in [-0.05, 0) is 37.6 Å². The predicted molar refractivity (Wildman–Crippen MR) is 75.3 cm³/mol. The van der Waals surface area contributed by atoms with E-state index in [-0.39, 0.29) is 5.69 Å². The maximum Gasteiger partial charge on any atom is 0.354 e. The van der Waals surface area contributed by atoms with E-state index >= 15 is 0 Å². The van der Waals surface area contributed by atoms with Gasteiger partial charge < -0.3 is 5.11 Å². The lowest BCUT2D eigenvalue weighted by atomic mass is 10.1. The summed E-state index contributed by atoms with van der Waals surface area (Å²) >= 11 is 0. The smallest absolute Gasteiger partial charge is 0.354 e. The number of carboxylic acid groups (broad SMARTS) is 1. The minimum absolute atomic E-state index is 0.0644. The molecule has 0 amide bonds. The van der Waals surface area contributed by atoms with E-state index in [1.54, 1.807) is 11.6 Å². The maximum absolute atomic E-state index is 11.2. The van der Waals surface area contributed by atoms with Gasteiger partial charge in [-0.15, -0.1) is 0 Å². The number of para-hydroxylation sites is 1. The first kappa shape index (κ1) is 12.3. The molecule has 3 rings (SSSR count). The Morgan fingerprint density at radius 2 is 1.90 bits per heavy atom. The molecule has 0 aliphatic carbocycles. The van der Waals surface area contributed by atoms with Gasteiger partial charge in [-0.1, -0.05) is 18.2 Å². The fourth-order valence-electron chi connectivity index (χ4n) is 2.25. The molecule has 0 saturated heterocycles. The van der Waals surface area contributed by atoms with Crippen LogP contribution in [0.1, 0.15) is 21.7 Å². The zero-order valence-corrected chi connectivity index (χ0v) is 11.2. The van der Waals surface area contributed by atoms with E-state index < -0.39 is 5.97 Å². The van der Waals surface area contributed by atoms with E-state index in [1.165, 1.54) is 0 Å². The van der Waals surface area contributed by atoms with E-state index in [4.69, 9.17) is 0 Å². The van der Waals surface area contributed by atoms with Crippen molar-refractivity contribution in [1.82, 2.24) is 14.8 Å². The quantitative estimate of drug-likeness (QED) is 0.775. The highest BCUT2D eigenvalue weighted by Gasteiger charge is 2.16. The second kappa shape index (κ2) is 4.45. The number of aromatic nitrogens is 3. The van der Waals surface area contributed by atoms with Gasteiger partial charge in [-0.3, -0.25) is 0 Å². The van der Waals surface area contributed by atoms with Gasteiger partial charge in [0.05, 0.1) is 11.4 Å². The van der Waals surface area contributed by atoms with Gasteiger partial charge in [-0.25, -0.2) is 14.5 Å². The zero-order valence-electron chi connectivity index (χ0n) is 11.2. The molecule has 0 saturated carbocycles. The summed E-state index contributed by atoms with van der Waals surface area (Å²) in [4.78, 5) is 15.5. The van der Waals surface area contributed by atoms with E-state index in [1.807, 2.05) is 43.3 Å². The number of rotatable bonds is 2. The van der Waals surface area contributed by atoms with Crippen LogP contribution in [0.3, 0.4) is 0 Å². The zero-order chi connectivity index (χ0) is 14.3. The Morgan fingerprint density at radius 3 is 2.55 bits per heavy atom. The van der Waals surface area contributed by atoms with Gasteiger partial charge in [0.25, 0.3) is 0 Å². The molecule has 0 spiro atoms. The Bertz CT molecular complexity index is 807. The second-order valence-electron chi connectivity index (χ2n) is 4.66. The van der Waals surface area contributed by atoms with Crippen molar-refractivity contribution in [2.24, 2.45) is 0 Å². The summed E-state index contributed by atoms with van der Waals surface area (Å²) in [5.41, 5.74) is 2.96. The molecule has 0 fully saturated rings. The van der Waals surface area contributed by atoms with E-state index in [9.17, 15) is 9.90 Å². The molecule has 0 atom stereocenters. The van der Waals surface area contributed by atoms with Crippen LogP contribution in [0.25, 0.3) is 16.7 Å². The second-order valence-corrected chi connectivity index (χ2v) is 4.66. The lowest BCUT2D eigenvalue weighted by Gasteiger charge is -2.04. The minimum atomic E-state index is -1.03. The van der Waals surface area contributed by atoms with Crippen LogP contribution in [0.5, 0.6) is 0 Å². The Kier molecular flexibility index (Phi) is 2.75. The Hall–Kier alpha value is -2.69. The third-order valence-electron chi connectivity index (χ3n) is 3.24. The molecular weight excluding hydrogens is 254 g/mol. The molecule has 1 aromatic carbocycles. The lowest BCUT2D eigenvalue weighted by Crippen LogP contribution is -2.05. The maximum atomic E-state index is 11.2. The van der Waals surface area contributed by atoms with Crippen molar-refractivity contribution >= 4 is 17.0 Å². The van der Waals surface area contributed by atoms with Gasteiger partial charge in [0.15, 0.2) is 11.3 Å². The molecule has 5 heteroatoms. The van der Waals surface area contributed by atoms with Crippen LogP contribution in [0, 0.1) is 13.8 Å². The standard InChI is InChI=1S/C15H13N3O2/c1-9-8-12-10(2)17-18(11-6-4-3-5-7-11)14(12)16-13(9)15(19)20/h3-8H,1-2H3,(H,19,20). The number of hydrogen-bond acceptors (Lipinski definition) is 3. The summed E-state index contributed by atoms with van der Waals surface area (Å²) in [6.45, 7) is 3.64. The van der Waals surface area contributed by atoms with Crippen LogP contribution in [0.15, 0.2) is 36.4 Å². The summed E-state index contributed by atoms with van der Waals surface area (Å²) < 4.78 is 1.68. The van der Waals surface area contributed by atoms with Crippen molar-refractivity contribution < 1.29 is 9.90 Å². The van der Waals surface area contributed by atoms with Crippen molar-refractivity contribution in [3.63, 3.8) is 0 Å². The van der Waals surface area contributed by atoms with Crippen LogP contribution >= 0.6 is 0 Å². The summed E-state index contributed by atoms with van der Waals surface area (Å²) in [7, 11) is 0. The summed E-state index contributed by atoms with van der Waals surface area (Å²) in [5.74, 6) is -1.03. The van der Waals surface area contributed by atoms with Crippen LogP contribution in [-0.2, 0) is 0 Å². The van der Waals surface area contributed by atoms with Gasteiger partial charge in [-0.2, -0.15) is 5.10 Å². The van der Waals surface area contributed by atoms with Crippen molar-refractivity contribution in [2.45, 2.75) is 13.8 Å². The molecule has 1 N–H and O–H groups in total. The largest absolute Gasteiger partial charge is 0.477 e. The van der Waals surface area contributed by atoms with Crippen molar-refractivity contribution in [2.75, 3.05) is 0 Å². The number of carboxylic acids is 1. The molecule has 0 aliphatic heterocycles. The number of aromatic carboxylic acids is 1. The third kappa shape index (κ3) is 1.84. The summed E-state index contributed by atoms with van der Waals surface area (Å²) in [6.07, 6.45) is 0. The lowest BCUT2D eigenvalue weighted by molar-refractivity contribution is 0.0690. The molecule has 3 aromatic rings. The summed E-state index contributed by atoms with van der Waals surface area (Å²) in [6, 6.07) is 11.4. The molecule has 0 bridgehead atoms. The van der Waals surface area contributed by atoms with E-state index in [2.05, 4.69) is 10.1 Å². The average Bonchev–Trinajstić information content (AvgIpc) is 2.75. The van der Waals surface area contributed by atoms with Crippen molar-refractivity contribution in [3.05, 3.63) is 53.3 Å². The number of carbonyl (C=O) groups is 1. The molecule has 2 heterocycles. The monoisotopic (exact) mass is 267 g/mol. The molecule has 100 valence electrons. The van der Waals surface area contributed by atoms with E-state index in [0.29, 0.717) is 11.2 Å². The van der Waals surface area contributed by atoms with Crippen LogP contribution in [-0.4, -0.2) is 25.8 Å². The minimum Gasteiger partial charge on any atom is -0.477 e. The number of nitrogens with zero attached hydrogens (tertiary/aromatic N) is 3. The van der Waals surface area contributed by atoms with Crippen LogP contribution < -0.4 is 0 Å². The van der Waals surface area contributed by atoms with E-state index in [0.717, 1.165) is 16.8 Å². The van der Waals surface area contributed by atoms with Gasteiger partial charge in [0.1, 0.15) is 0 Å². The first-order valence-electron chi connectivity index (χ1n) is 6.23. The van der Waals surface area contributed by atoms with Crippen molar-refractivity contribution in [1.29, 1.82) is 0 Å². The van der Waals surface area contributed by atoms with Gasteiger partial charge in [0, 0.05) is 5.39 Å². The highest BCUT2D eigenvalue weighted by molar-refractivity contribution is 5.91. The Balaban J connectivity index is 2.34. The summed E-state index contributed by atoms with van der Waals surface area (Å²) in [5, 5.41) is 14.5. The topological polar surface area (TPSA) is 68.0 Å². The molecular formula is C15H13N3O2. The first-order chi connectivity index (χ1) is 9.58. The van der Waals surface area contributed by atoms with Crippen LogP contribution in [0.4, 0.5) is 0 Å². The molecule has 2 aromatic heterocycles. The number of hydrogen-bond donors (Lipinski definition) is 1. The average molecular weight is 267 g/mol. The Labute approximate surface area is 115 Å². The molecule has 5 nitrogen and oxygen atoms in total. The normalized spacial score (nSPS) is 10.9. The number of benzene rings is 1. The fraction of sp³-hybridized carbons (Fsp3) is 0.133. The van der Waals surface area contributed by atoms with Crippen LogP contribution in [0.2, 0.25) is 0 Å². The predicted octanol–water partition coefficient (Wildman–Crippen LogP) is 2.74. The number of pyridine rings is 1. The highest BCUT2D eigenvalue weighted by atomic mass is 16.4.